The number of carbonyl (C=O) groups excluding carboxylic acids is 1. The van der Waals surface area contributed by atoms with Crippen molar-refractivity contribution in [3.05, 3.63) is 54.2 Å². The zero-order valence-corrected chi connectivity index (χ0v) is 10.4. The maximum absolute atomic E-state index is 13.3. The van der Waals surface area contributed by atoms with Crippen LogP contribution in [0.3, 0.4) is 0 Å². The minimum Gasteiger partial charge on any atom is -0.481 e. The fraction of sp³-hybridized carbons (Fsp3) is 0.214. The fourth-order valence-electron chi connectivity index (χ4n) is 1.60. The van der Waals surface area contributed by atoms with E-state index in [9.17, 15) is 9.18 Å². The maximum Gasteiger partial charge on any atom is 0.258 e. The minimum atomic E-state index is -0.491. The SMILES string of the molecule is C[C@@H](NC(=O)COc1ccccc1F)c1ccco1. The molecule has 1 aromatic carbocycles. The molecule has 0 saturated heterocycles. The number of carbonyl (C=O) groups is 1. The van der Waals surface area contributed by atoms with Crippen LogP contribution in [0.4, 0.5) is 4.39 Å². The lowest BCUT2D eigenvalue weighted by Crippen LogP contribution is -2.31. The molecule has 0 bridgehead atoms. The Morgan fingerprint density at radius 1 is 1.37 bits per heavy atom. The lowest BCUT2D eigenvalue weighted by atomic mass is 10.2. The van der Waals surface area contributed by atoms with Gasteiger partial charge in [-0.2, -0.15) is 0 Å². The van der Waals surface area contributed by atoms with E-state index in [2.05, 4.69) is 5.32 Å². The Labute approximate surface area is 110 Å². The Hall–Kier alpha value is -2.30. The van der Waals surface area contributed by atoms with Gasteiger partial charge in [-0.25, -0.2) is 4.39 Å². The summed E-state index contributed by atoms with van der Waals surface area (Å²) in [6.07, 6.45) is 1.54. The molecule has 1 aromatic heterocycles. The van der Waals surface area contributed by atoms with E-state index in [1.807, 2.05) is 0 Å². The summed E-state index contributed by atoms with van der Waals surface area (Å²) >= 11 is 0. The molecule has 1 heterocycles. The fourth-order valence-corrected chi connectivity index (χ4v) is 1.60. The Kier molecular flexibility index (Phi) is 4.18. The molecule has 19 heavy (non-hydrogen) atoms. The van der Waals surface area contributed by atoms with Crippen LogP contribution in [0.15, 0.2) is 47.1 Å². The summed E-state index contributed by atoms with van der Waals surface area (Å²) in [7, 11) is 0. The topological polar surface area (TPSA) is 51.5 Å². The summed E-state index contributed by atoms with van der Waals surface area (Å²) in [5.41, 5.74) is 0. The van der Waals surface area contributed by atoms with Crippen molar-refractivity contribution in [3.8, 4) is 5.75 Å². The van der Waals surface area contributed by atoms with Crippen molar-refractivity contribution in [1.29, 1.82) is 0 Å². The van der Waals surface area contributed by atoms with Gasteiger partial charge in [0.05, 0.1) is 12.3 Å². The summed E-state index contributed by atoms with van der Waals surface area (Å²) in [4.78, 5) is 11.6. The van der Waals surface area contributed by atoms with Crippen molar-refractivity contribution in [2.45, 2.75) is 13.0 Å². The van der Waals surface area contributed by atoms with Gasteiger partial charge < -0.3 is 14.5 Å². The second-order valence-corrected chi connectivity index (χ2v) is 4.02. The van der Waals surface area contributed by atoms with Crippen LogP contribution in [0.25, 0.3) is 0 Å². The first kappa shape index (κ1) is 13.1. The molecule has 1 N–H and O–H groups in total. The Morgan fingerprint density at radius 3 is 2.84 bits per heavy atom. The van der Waals surface area contributed by atoms with Gasteiger partial charge in [-0.1, -0.05) is 12.1 Å². The number of hydrogen-bond donors (Lipinski definition) is 1. The van der Waals surface area contributed by atoms with Gasteiger partial charge in [0, 0.05) is 0 Å². The predicted octanol–water partition coefficient (Wildman–Crippen LogP) is 2.67. The number of para-hydroxylation sites is 1. The lowest BCUT2D eigenvalue weighted by molar-refractivity contribution is -0.123. The summed E-state index contributed by atoms with van der Waals surface area (Å²) < 4.78 is 23.5. The lowest BCUT2D eigenvalue weighted by Gasteiger charge is -2.12. The third kappa shape index (κ3) is 3.58. The standard InChI is InChI=1S/C14H14FNO3/c1-10(12-7-4-8-18-12)16-14(17)9-19-13-6-3-2-5-11(13)15/h2-8,10H,9H2,1H3,(H,16,17)/t10-/m1/s1. The normalized spacial score (nSPS) is 11.9. The van der Waals surface area contributed by atoms with E-state index >= 15 is 0 Å². The van der Waals surface area contributed by atoms with Crippen LogP contribution in [-0.4, -0.2) is 12.5 Å². The molecule has 0 aliphatic rings. The van der Waals surface area contributed by atoms with Gasteiger partial charge in [-0.15, -0.1) is 0 Å². The van der Waals surface area contributed by atoms with Crippen molar-refractivity contribution in [1.82, 2.24) is 5.32 Å². The summed E-state index contributed by atoms with van der Waals surface area (Å²) in [5, 5.41) is 2.69. The van der Waals surface area contributed by atoms with E-state index in [0.717, 1.165) is 0 Å². The molecule has 5 heteroatoms. The number of nitrogens with one attached hydrogen (secondary N) is 1. The molecule has 0 fully saturated rings. The zero-order chi connectivity index (χ0) is 13.7. The van der Waals surface area contributed by atoms with E-state index in [1.165, 1.54) is 18.4 Å². The molecule has 2 aromatic rings. The minimum absolute atomic E-state index is 0.0586. The Morgan fingerprint density at radius 2 is 2.16 bits per heavy atom. The first-order valence-electron chi connectivity index (χ1n) is 5.87. The first-order chi connectivity index (χ1) is 9.16. The van der Waals surface area contributed by atoms with Crippen LogP contribution in [-0.2, 0) is 4.79 Å². The summed E-state index contributed by atoms with van der Waals surface area (Å²) in [6, 6.07) is 9.20. The van der Waals surface area contributed by atoms with Crippen LogP contribution in [0.5, 0.6) is 5.75 Å². The van der Waals surface area contributed by atoms with E-state index in [0.29, 0.717) is 5.76 Å². The second kappa shape index (κ2) is 6.04. The van der Waals surface area contributed by atoms with E-state index in [-0.39, 0.29) is 24.3 Å². The molecule has 0 aliphatic heterocycles. The highest BCUT2D eigenvalue weighted by Crippen LogP contribution is 2.15. The highest BCUT2D eigenvalue weighted by molar-refractivity contribution is 5.77. The van der Waals surface area contributed by atoms with E-state index < -0.39 is 5.82 Å². The first-order valence-corrected chi connectivity index (χ1v) is 5.87. The molecule has 1 atom stereocenters. The number of rotatable bonds is 5. The average molecular weight is 263 g/mol. The van der Waals surface area contributed by atoms with Crippen LogP contribution in [0.1, 0.15) is 18.7 Å². The van der Waals surface area contributed by atoms with Gasteiger partial charge in [-0.05, 0) is 31.2 Å². The maximum atomic E-state index is 13.3. The van der Waals surface area contributed by atoms with Crippen molar-refractivity contribution < 1.29 is 18.3 Å². The van der Waals surface area contributed by atoms with Crippen molar-refractivity contribution in [3.63, 3.8) is 0 Å². The molecule has 0 aliphatic carbocycles. The zero-order valence-electron chi connectivity index (χ0n) is 10.4. The molecular weight excluding hydrogens is 249 g/mol. The largest absolute Gasteiger partial charge is 0.481 e. The van der Waals surface area contributed by atoms with Crippen molar-refractivity contribution in [2.24, 2.45) is 0 Å². The van der Waals surface area contributed by atoms with Crippen molar-refractivity contribution in [2.75, 3.05) is 6.61 Å². The van der Waals surface area contributed by atoms with Crippen LogP contribution in [0.2, 0.25) is 0 Å². The number of hydrogen-bond acceptors (Lipinski definition) is 3. The smallest absolute Gasteiger partial charge is 0.258 e. The van der Waals surface area contributed by atoms with Gasteiger partial charge >= 0.3 is 0 Å². The Bertz CT molecular complexity index is 539. The van der Waals surface area contributed by atoms with Crippen molar-refractivity contribution >= 4 is 5.91 Å². The molecule has 2 rings (SSSR count). The Balaban J connectivity index is 1.84. The van der Waals surface area contributed by atoms with Gasteiger partial charge in [-0.3, -0.25) is 4.79 Å². The summed E-state index contributed by atoms with van der Waals surface area (Å²) in [6.45, 7) is 1.55. The highest BCUT2D eigenvalue weighted by atomic mass is 19.1. The molecule has 4 nitrogen and oxygen atoms in total. The quantitative estimate of drug-likeness (QED) is 0.902. The molecule has 0 spiro atoms. The van der Waals surface area contributed by atoms with Gasteiger partial charge in [0.25, 0.3) is 5.91 Å². The monoisotopic (exact) mass is 263 g/mol. The van der Waals surface area contributed by atoms with E-state index in [4.69, 9.17) is 9.15 Å². The average Bonchev–Trinajstić information content (AvgIpc) is 2.91. The third-order valence-electron chi connectivity index (χ3n) is 2.54. The number of benzene rings is 1. The number of halogens is 1. The molecule has 0 unspecified atom stereocenters. The van der Waals surface area contributed by atoms with Crippen LogP contribution in [0, 0.1) is 5.82 Å². The molecule has 100 valence electrons. The number of ether oxygens (including phenoxy) is 1. The number of amides is 1. The molecular formula is C14H14FNO3. The highest BCUT2D eigenvalue weighted by Gasteiger charge is 2.12. The molecule has 1 amide bonds. The van der Waals surface area contributed by atoms with Crippen LogP contribution < -0.4 is 10.1 Å². The van der Waals surface area contributed by atoms with Crippen LogP contribution >= 0.6 is 0 Å². The summed E-state index contributed by atoms with van der Waals surface area (Å²) in [5.74, 6) is -0.121. The predicted molar refractivity (Wildman–Crippen MR) is 67.2 cm³/mol. The second-order valence-electron chi connectivity index (χ2n) is 4.02. The molecule has 0 radical (unpaired) electrons. The van der Waals surface area contributed by atoms with E-state index in [1.54, 1.807) is 31.2 Å². The van der Waals surface area contributed by atoms with Gasteiger partial charge in [0.2, 0.25) is 0 Å². The third-order valence-corrected chi connectivity index (χ3v) is 2.54. The molecule has 0 saturated carbocycles. The van der Waals surface area contributed by atoms with Gasteiger partial charge in [0.15, 0.2) is 18.2 Å². The van der Waals surface area contributed by atoms with Gasteiger partial charge in [0.1, 0.15) is 5.76 Å². The number of furan rings is 1.